The van der Waals surface area contributed by atoms with Gasteiger partial charge in [-0.1, -0.05) is 0 Å². The highest BCUT2D eigenvalue weighted by atomic mass is 19.3. The van der Waals surface area contributed by atoms with Gasteiger partial charge in [-0.3, -0.25) is 0 Å². The monoisotopic (exact) mass is 427 g/mol. The smallest absolute Gasteiger partial charge is 0.267 e. The van der Waals surface area contributed by atoms with E-state index in [-0.39, 0.29) is 30.6 Å². The zero-order chi connectivity index (χ0) is 21.9. The fourth-order valence-corrected chi connectivity index (χ4v) is 4.93. The second-order valence-electron chi connectivity index (χ2n) is 8.98. The minimum atomic E-state index is -2.78. The number of rotatable bonds is 4. The van der Waals surface area contributed by atoms with E-state index in [1.54, 1.807) is 54.5 Å². The number of alkyl halides is 2. The molecule has 0 radical (unpaired) electrons. The second-order valence-corrected chi connectivity index (χ2v) is 8.98. The number of nitrogens with zero attached hydrogens (tertiary/aromatic N) is 4. The molecule has 2 fully saturated rings. The molecule has 2 aliphatic rings. The van der Waals surface area contributed by atoms with Gasteiger partial charge in [0.1, 0.15) is 11.9 Å². The van der Waals surface area contributed by atoms with Crippen LogP contribution in [0.1, 0.15) is 33.1 Å². The minimum Gasteiger partial charge on any atom is -0.507 e. The van der Waals surface area contributed by atoms with E-state index in [2.05, 4.69) is 20.5 Å². The quantitative estimate of drug-likeness (QED) is 0.660. The Morgan fingerprint density at radius 1 is 1.16 bits per heavy atom. The maximum Gasteiger partial charge on any atom is 0.267 e. The van der Waals surface area contributed by atoms with Gasteiger partial charge >= 0.3 is 0 Å². The molecule has 2 aliphatic heterocycles. The SMILES string of the molecule is C[C@]12C[C@H](Oc3ccc(-c4ccc(-n5ccnc5)cc4O)nn3)C[C@](C)(N1)C(F)(F)C2. The molecule has 2 bridgehead atoms. The first-order valence-electron chi connectivity index (χ1n) is 10.2. The Labute approximate surface area is 178 Å². The van der Waals surface area contributed by atoms with E-state index < -0.39 is 17.0 Å². The lowest BCUT2D eigenvalue weighted by molar-refractivity contribution is -0.0659. The fraction of sp³-hybridized carbons (Fsp3) is 0.409. The molecule has 0 saturated carbocycles. The molecule has 3 aromatic rings. The van der Waals surface area contributed by atoms with Crippen LogP contribution in [-0.4, -0.2) is 48.0 Å². The van der Waals surface area contributed by atoms with Crippen molar-refractivity contribution in [2.24, 2.45) is 0 Å². The summed E-state index contributed by atoms with van der Waals surface area (Å²) in [5, 5.41) is 21.8. The van der Waals surface area contributed by atoms with Gasteiger partial charge in [0.25, 0.3) is 5.92 Å². The van der Waals surface area contributed by atoms with Crippen LogP contribution < -0.4 is 10.1 Å². The summed E-state index contributed by atoms with van der Waals surface area (Å²) in [4.78, 5) is 4.00. The molecule has 0 unspecified atom stereocenters. The lowest BCUT2D eigenvalue weighted by Gasteiger charge is -2.41. The Morgan fingerprint density at radius 3 is 2.65 bits per heavy atom. The van der Waals surface area contributed by atoms with Gasteiger partial charge in [0.15, 0.2) is 0 Å². The molecule has 4 heterocycles. The first kappa shape index (κ1) is 19.9. The molecular weight excluding hydrogens is 404 g/mol. The molecule has 7 nitrogen and oxygen atoms in total. The van der Waals surface area contributed by atoms with Crippen molar-refractivity contribution in [2.45, 2.75) is 56.2 Å². The molecule has 2 N–H and O–H groups in total. The maximum atomic E-state index is 14.5. The van der Waals surface area contributed by atoms with Crippen molar-refractivity contribution in [1.29, 1.82) is 0 Å². The first-order chi connectivity index (χ1) is 14.7. The summed E-state index contributed by atoms with van der Waals surface area (Å²) in [6.45, 7) is 3.37. The van der Waals surface area contributed by atoms with E-state index in [9.17, 15) is 13.9 Å². The molecule has 9 heteroatoms. The average molecular weight is 427 g/mol. The van der Waals surface area contributed by atoms with Crippen LogP contribution in [0.5, 0.6) is 11.6 Å². The molecule has 31 heavy (non-hydrogen) atoms. The number of aromatic nitrogens is 4. The number of phenolic OH excluding ortho intramolecular Hbond substituents is 1. The lowest BCUT2D eigenvalue weighted by atomic mass is 9.86. The third-order valence-electron chi connectivity index (χ3n) is 6.30. The molecule has 5 rings (SSSR count). The fourth-order valence-electron chi connectivity index (χ4n) is 4.93. The number of phenols is 1. The van der Waals surface area contributed by atoms with Gasteiger partial charge in [0, 0.05) is 54.9 Å². The zero-order valence-corrected chi connectivity index (χ0v) is 17.2. The van der Waals surface area contributed by atoms with E-state index >= 15 is 0 Å². The van der Waals surface area contributed by atoms with Crippen LogP contribution in [-0.2, 0) is 0 Å². The van der Waals surface area contributed by atoms with Crippen LogP contribution >= 0.6 is 0 Å². The van der Waals surface area contributed by atoms with E-state index in [0.717, 1.165) is 5.69 Å². The Bertz CT molecular complexity index is 1100. The zero-order valence-electron chi connectivity index (χ0n) is 17.2. The third-order valence-corrected chi connectivity index (χ3v) is 6.30. The number of halogens is 2. The van der Waals surface area contributed by atoms with Crippen molar-refractivity contribution < 1.29 is 18.6 Å². The Balaban J connectivity index is 1.32. The topological polar surface area (TPSA) is 85.1 Å². The van der Waals surface area contributed by atoms with Crippen molar-refractivity contribution in [3.8, 4) is 28.6 Å². The molecule has 2 aromatic heterocycles. The molecule has 1 aromatic carbocycles. The van der Waals surface area contributed by atoms with Crippen LogP contribution in [0.4, 0.5) is 8.78 Å². The van der Waals surface area contributed by atoms with Gasteiger partial charge in [-0.15, -0.1) is 10.2 Å². The molecule has 0 spiro atoms. The normalized spacial score (nSPS) is 29.1. The number of fused-ring (bicyclic) bond motifs is 2. The highest BCUT2D eigenvalue weighted by molar-refractivity contribution is 5.68. The number of hydrogen-bond donors (Lipinski definition) is 2. The van der Waals surface area contributed by atoms with Crippen LogP contribution in [0, 0.1) is 0 Å². The molecule has 0 amide bonds. The van der Waals surface area contributed by atoms with E-state index in [1.807, 2.05) is 13.0 Å². The number of nitrogens with one attached hydrogen (secondary N) is 1. The first-order valence-corrected chi connectivity index (χ1v) is 10.2. The molecule has 0 aliphatic carbocycles. The summed E-state index contributed by atoms with van der Waals surface area (Å²) in [6.07, 6.45) is 5.16. The van der Waals surface area contributed by atoms with Gasteiger partial charge in [0.05, 0.1) is 23.2 Å². The average Bonchev–Trinajstić information content (AvgIpc) is 3.25. The summed E-state index contributed by atoms with van der Waals surface area (Å²) in [7, 11) is 0. The van der Waals surface area contributed by atoms with Crippen molar-refractivity contribution in [3.63, 3.8) is 0 Å². The number of imidazole rings is 1. The summed E-state index contributed by atoms with van der Waals surface area (Å²) in [5.74, 6) is -2.44. The largest absolute Gasteiger partial charge is 0.507 e. The number of aromatic hydroxyl groups is 1. The Morgan fingerprint density at radius 2 is 2.00 bits per heavy atom. The van der Waals surface area contributed by atoms with Crippen LogP contribution in [0.2, 0.25) is 0 Å². The second kappa shape index (κ2) is 6.71. The van der Waals surface area contributed by atoms with Gasteiger partial charge in [-0.2, -0.15) is 0 Å². The lowest BCUT2D eigenvalue weighted by Crippen LogP contribution is -2.59. The maximum absolute atomic E-state index is 14.5. The Kier molecular flexibility index (Phi) is 4.30. The van der Waals surface area contributed by atoms with E-state index in [0.29, 0.717) is 17.7 Å². The van der Waals surface area contributed by atoms with Crippen LogP contribution in [0.15, 0.2) is 49.1 Å². The number of hydrogen-bond acceptors (Lipinski definition) is 6. The van der Waals surface area contributed by atoms with Gasteiger partial charge in [-0.05, 0) is 32.0 Å². The van der Waals surface area contributed by atoms with Crippen LogP contribution in [0.3, 0.4) is 0 Å². The summed E-state index contributed by atoms with van der Waals surface area (Å²) in [6, 6.07) is 8.56. The number of benzene rings is 1. The standard InChI is InChI=1S/C22H23F2N5O2/c1-20-10-15(11-21(2,28-20)22(23,24)12-20)31-19-6-5-17(26-27-19)16-4-3-14(9-18(16)30)29-8-7-25-13-29/h3-9,13,15,28,30H,10-12H2,1-2H3/t15-,20+,21-/m0/s1. The summed E-state index contributed by atoms with van der Waals surface area (Å²) in [5.41, 5.74) is -0.177. The van der Waals surface area contributed by atoms with Crippen molar-refractivity contribution in [1.82, 2.24) is 25.1 Å². The van der Waals surface area contributed by atoms with Gasteiger partial charge in [-0.25, -0.2) is 13.8 Å². The molecular formula is C22H23F2N5O2. The van der Waals surface area contributed by atoms with Crippen molar-refractivity contribution in [3.05, 3.63) is 49.1 Å². The number of ether oxygens (including phenoxy) is 1. The van der Waals surface area contributed by atoms with Crippen molar-refractivity contribution >= 4 is 0 Å². The summed E-state index contributed by atoms with van der Waals surface area (Å²) < 4.78 is 36.6. The molecule has 2 saturated heterocycles. The predicted molar refractivity (Wildman–Crippen MR) is 109 cm³/mol. The third kappa shape index (κ3) is 3.42. The molecule has 162 valence electrons. The predicted octanol–water partition coefficient (Wildman–Crippen LogP) is 3.72. The minimum absolute atomic E-state index is 0.0622. The summed E-state index contributed by atoms with van der Waals surface area (Å²) >= 11 is 0. The highest BCUT2D eigenvalue weighted by Gasteiger charge is 2.65. The van der Waals surface area contributed by atoms with Gasteiger partial charge < -0.3 is 19.7 Å². The Hall–Kier alpha value is -3.07. The van der Waals surface area contributed by atoms with Gasteiger partial charge in [0.2, 0.25) is 5.88 Å². The van der Waals surface area contributed by atoms with E-state index in [4.69, 9.17) is 4.74 Å². The van der Waals surface area contributed by atoms with Crippen LogP contribution in [0.25, 0.3) is 16.9 Å². The van der Waals surface area contributed by atoms with Crippen molar-refractivity contribution in [2.75, 3.05) is 0 Å². The van der Waals surface area contributed by atoms with E-state index in [1.165, 1.54) is 0 Å². The molecule has 3 atom stereocenters. The highest BCUT2D eigenvalue weighted by Crippen LogP contribution is 2.51. The number of piperidine rings is 1.